The number of pyridine rings is 1. The van der Waals surface area contributed by atoms with Crippen LogP contribution >= 0.6 is 0 Å². The zero-order chi connectivity index (χ0) is 26.6. The molecule has 4 rings (SSSR count). The maximum atomic E-state index is 11.6. The van der Waals surface area contributed by atoms with Crippen molar-refractivity contribution in [3.05, 3.63) is 54.1 Å². The minimum atomic E-state index is -1.19. The van der Waals surface area contributed by atoms with E-state index in [0.29, 0.717) is 35.6 Å². The van der Waals surface area contributed by atoms with Crippen LogP contribution in [0.4, 0.5) is 17.3 Å². The Kier molecular flexibility index (Phi) is 7.84. The molecule has 0 fully saturated rings. The van der Waals surface area contributed by atoms with Crippen molar-refractivity contribution in [1.82, 2.24) is 24.7 Å². The summed E-state index contributed by atoms with van der Waals surface area (Å²) in [4.78, 5) is 24.9. The fraction of sp³-hybridized carbons (Fsp3) is 0.346. The number of rotatable bonds is 10. The van der Waals surface area contributed by atoms with Crippen LogP contribution in [0.25, 0.3) is 16.6 Å². The second kappa shape index (κ2) is 11.1. The van der Waals surface area contributed by atoms with Gasteiger partial charge in [0.15, 0.2) is 6.79 Å². The Balaban J connectivity index is 1.67. The van der Waals surface area contributed by atoms with E-state index in [1.54, 1.807) is 10.9 Å². The molecule has 11 heteroatoms. The SMILES string of the molecule is CC(=O)Nc1cccc(-n2nc(OCOCC[Si](C)(C)C)c3cnc(Nc4cc(C)nc(C)n4)cc32)c1. The number of fused-ring (bicyclic) bond motifs is 1. The summed E-state index contributed by atoms with van der Waals surface area (Å²) in [7, 11) is -1.19. The predicted molar refractivity (Wildman–Crippen MR) is 148 cm³/mol. The third kappa shape index (κ3) is 7.11. The number of aromatic nitrogens is 5. The number of carbonyl (C=O) groups is 1. The highest BCUT2D eigenvalue weighted by molar-refractivity contribution is 6.76. The molecule has 0 aliphatic heterocycles. The Hall–Kier alpha value is -3.83. The first-order valence-electron chi connectivity index (χ1n) is 12.1. The number of hydrogen-bond donors (Lipinski definition) is 2. The van der Waals surface area contributed by atoms with Gasteiger partial charge < -0.3 is 20.1 Å². The number of ether oxygens (including phenoxy) is 2. The van der Waals surface area contributed by atoms with Gasteiger partial charge in [0, 0.05) is 51.3 Å². The number of benzene rings is 1. The number of nitrogens with zero attached hydrogens (tertiary/aromatic N) is 5. The number of anilines is 3. The minimum Gasteiger partial charge on any atom is -0.449 e. The molecule has 0 spiro atoms. The molecule has 0 bridgehead atoms. The van der Waals surface area contributed by atoms with E-state index in [4.69, 9.17) is 14.6 Å². The molecule has 37 heavy (non-hydrogen) atoms. The van der Waals surface area contributed by atoms with Crippen LogP contribution in [-0.2, 0) is 9.53 Å². The topological polar surface area (TPSA) is 116 Å². The van der Waals surface area contributed by atoms with Crippen molar-refractivity contribution >= 4 is 42.2 Å². The second-order valence-corrected chi connectivity index (χ2v) is 15.7. The Morgan fingerprint density at radius 1 is 1.08 bits per heavy atom. The van der Waals surface area contributed by atoms with Crippen LogP contribution in [0.5, 0.6) is 5.88 Å². The van der Waals surface area contributed by atoms with Crippen molar-refractivity contribution in [2.75, 3.05) is 24.0 Å². The largest absolute Gasteiger partial charge is 0.449 e. The highest BCUT2D eigenvalue weighted by atomic mass is 28.3. The standard InChI is InChI=1S/C26H33N7O3Si/c1-17-12-25(29-18(2)28-17)31-24-14-23-22(15-27-24)26(36-16-35-10-11-37(4,5)6)32-33(23)21-9-7-8-20(13-21)30-19(3)34/h7-9,12-15H,10-11,16H2,1-6H3,(H,30,34)(H,27,28,29,31). The summed E-state index contributed by atoms with van der Waals surface area (Å²) >= 11 is 0. The number of nitrogens with one attached hydrogen (secondary N) is 2. The molecule has 1 aromatic carbocycles. The van der Waals surface area contributed by atoms with Gasteiger partial charge in [-0.25, -0.2) is 19.6 Å². The molecule has 0 radical (unpaired) electrons. The quantitative estimate of drug-likeness (QED) is 0.166. The van der Waals surface area contributed by atoms with Crippen molar-refractivity contribution in [2.24, 2.45) is 0 Å². The molecule has 3 aromatic heterocycles. The van der Waals surface area contributed by atoms with E-state index < -0.39 is 8.07 Å². The molecule has 0 saturated carbocycles. The van der Waals surface area contributed by atoms with Crippen LogP contribution in [0.15, 0.2) is 42.6 Å². The maximum absolute atomic E-state index is 11.6. The van der Waals surface area contributed by atoms with Crippen LogP contribution in [0.1, 0.15) is 18.4 Å². The summed E-state index contributed by atoms with van der Waals surface area (Å²) in [5.74, 6) is 2.20. The number of hydrogen-bond acceptors (Lipinski definition) is 8. The number of carbonyl (C=O) groups excluding carboxylic acids is 1. The molecule has 4 aromatic rings. The van der Waals surface area contributed by atoms with E-state index >= 15 is 0 Å². The van der Waals surface area contributed by atoms with Gasteiger partial charge in [0.25, 0.3) is 0 Å². The molecule has 10 nitrogen and oxygen atoms in total. The summed E-state index contributed by atoms with van der Waals surface area (Å²) < 4.78 is 13.4. The molecule has 194 valence electrons. The smallest absolute Gasteiger partial charge is 0.244 e. The van der Waals surface area contributed by atoms with Gasteiger partial charge in [-0.1, -0.05) is 25.7 Å². The Labute approximate surface area is 217 Å². The lowest BCUT2D eigenvalue weighted by atomic mass is 10.2. The van der Waals surface area contributed by atoms with Gasteiger partial charge >= 0.3 is 0 Å². The monoisotopic (exact) mass is 519 g/mol. The van der Waals surface area contributed by atoms with Gasteiger partial charge in [-0.3, -0.25) is 4.79 Å². The molecule has 3 heterocycles. The molecule has 2 N–H and O–H groups in total. The van der Waals surface area contributed by atoms with E-state index in [1.165, 1.54) is 6.92 Å². The third-order valence-electron chi connectivity index (χ3n) is 5.44. The Morgan fingerprint density at radius 2 is 1.89 bits per heavy atom. The number of aryl methyl sites for hydroxylation is 2. The summed E-state index contributed by atoms with van der Waals surface area (Å²) in [6.07, 6.45) is 1.72. The zero-order valence-corrected chi connectivity index (χ0v) is 23.1. The van der Waals surface area contributed by atoms with Crippen molar-refractivity contribution in [3.63, 3.8) is 0 Å². The molecule has 0 aliphatic carbocycles. The van der Waals surface area contributed by atoms with Crippen molar-refractivity contribution in [2.45, 2.75) is 46.5 Å². The van der Waals surface area contributed by atoms with E-state index in [0.717, 1.165) is 28.3 Å². The van der Waals surface area contributed by atoms with E-state index in [2.05, 4.69) is 45.2 Å². The first-order chi connectivity index (χ1) is 17.6. The molecule has 0 unspecified atom stereocenters. The summed E-state index contributed by atoms with van der Waals surface area (Å²) in [6, 6.07) is 12.3. The molecule has 0 aliphatic rings. The summed E-state index contributed by atoms with van der Waals surface area (Å²) in [5, 5.41) is 11.5. The van der Waals surface area contributed by atoms with Gasteiger partial charge in [0.1, 0.15) is 17.5 Å². The van der Waals surface area contributed by atoms with Gasteiger partial charge in [-0.05, 0) is 38.1 Å². The first-order valence-corrected chi connectivity index (χ1v) is 15.8. The fourth-order valence-electron chi connectivity index (χ4n) is 3.72. The Morgan fingerprint density at radius 3 is 2.62 bits per heavy atom. The lowest BCUT2D eigenvalue weighted by Gasteiger charge is -2.15. The van der Waals surface area contributed by atoms with Crippen LogP contribution in [0, 0.1) is 13.8 Å². The maximum Gasteiger partial charge on any atom is 0.244 e. The zero-order valence-electron chi connectivity index (χ0n) is 22.1. The minimum absolute atomic E-state index is 0.0992. The second-order valence-electron chi connectivity index (χ2n) is 10.1. The normalized spacial score (nSPS) is 11.5. The summed E-state index contributed by atoms with van der Waals surface area (Å²) in [6.45, 7) is 12.9. The fourth-order valence-corrected chi connectivity index (χ4v) is 4.48. The van der Waals surface area contributed by atoms with Gasteiger partial charge in [-0.15, -0.1) is 5.10 Å². The van der Waals surface area contributed by atoms with Gasteiger partial charge in [0.05, 0.1) is 16.6 Å². The van der Waals surface area contributed by atoms with E-state index in [-0.39, 0.29) is 12.7 Å². The molecular formula is C26H33N7O3Si. The van der Waals surface area contributed by atoms with Crippen LogP contribution in [0.2, 0.25) is 25.7 Å². The lowest BCUT2D eigenvalue weighted by molar-refractivity contribution is -0.114. The van der Waals surface area contributed by atoms with E-state index in [9.17, 15) is 4.79 Å². The highest BCUT2D eigenvalue weighted by Crippen LogP contribution is 2.30. The average molecular weight is 520 g/mol. The predicted octanol–water partition coefficient (Wildman–Crippen LogP) is 5.22. The molecule has 0 atom stereocenters. The highest BCUT2D eigenvalue weighted by Gasteiger charge is 2.17. The number of amides is 1. The lowest BCUT2D eigenvalue weighted by Crippen LogP contribution is -2.22. The molecular weight excluding hydrogens is 486 g/mol. The Bertz CT molecular complexity index is 1400. The van der Waals surface area contributed by atoms with Crippen molar-refractivity contribution < 1.29 is 14.3 Å². The van der Waals surface area contributed by atoms with Crippen LogP contribution in [-0.4, -0.2) is 52.1 Å². The first kappa shape index (κ1) is 26.2. The van der Waals surface area contributed by atoms with Crippen LogP contribution in [0.3, 0.4) is 0 Å². The van der Waals surface area contributed by atoms with Crippen molar-refractivity contribution in [3.8, 4) is 11.6 Å². The molecule has 1 amide bonds. The van der Waals surface area contributed by atoms with Gasteiger partial charge in [0.2, 0.25) is 11.8 Å². The average Bonchev–Trinajstić information content (AvgIpc) is 3.15. The van der Waals surface area contributed by atoms with Gasteiger partial charge in [-0.2, -0.15) is 0 Å². The third-order valence-corrected chi connectivity index (χ3v) is 7.14. The van der Waals surface area contributed by atoms with Crippen molar-refractivity contribution in [1.29, 1.82) is 0 Å². The van der Waals surface area contributed by atoms with Crippen LogP contribution < -0.4 is 15.4 Å². The molecule has 0 saturated heterocycles. The van der Waals surface area contributed by atoms with E-state index in [1.807, 2.05) is 50.2 Å². The summed E-state index contributed by atoms with van der Waals surface area (Å²) in [5.41, 5.74) is 3.07.